The van der Waals surface area contributed by atoms with Gasteiger partial charge in [-0.1, -0.05) is 0 Å². The maximum absolute atomic E-state index is 12.3. The number of amides is 1. The summed E-state index contributed by atoms with van der Waals surface area (Å²) in [7, 11) is 1.62. The Morgan fingerprint density at radius 2 is 1.69 bits per heavy atom. The largest absolute Gasteiger partial charge is 0.497 e. The molecule has 0 bridgehead atoms. The molecule has 4 aromatic rings. The molecule has 0 unspecified atom stereocenters. The third-order valence-corrected chi connectivity index (χ3v) is 4.65. The van der Waals surface area contributed by atoms with Gasteiger partial charge in [0.05, 0.1) is 20.3 Å². The minimum absolute atomic E-state index is 0.180. The number of fused-ring (bicyclic) bond motifs is 1. The molecule has 0 atom stereocenters. The third-order valence-electron chi connectivity index (χ3n) is 4.65. The number of carbonyl (C=O) groups excluding carboxylic acids is 1. The maximum Gasteiger partial charge on any atom is 0.251 e. The number of benzene rings is 2. The van der Waals surface area contributed by atoms with Crippen molar-refractivity contribution in [3.05, 3.63) is 66.2 Å². The van der Waals surface area contributed by atoms with Crippen LogP contribution >= 0.6 is 0 Å². The van der Waals surface area contributed by atoms with Gasteiger partial charge in [-0.3, -0.25) is 4.79 Å². The molecule has 0 aliphatic heterocycles. The molecule has 2 heterocycles. The molecule has 1 N–H and O–H groups in total. The molecule has 0 saturated heterocycles. The number of nitrogens with one attached hydrogen (secondary N) is 1. The first-order valence-corrected chi connectivity index (χ1v) is 10.2. The van der Waals surface area contributed by atoms with Crippen molar-refractivity contribution in [3.63, 3.8) is 0 Å². The highest BCUT2D eigenvalue weighted by Crippen LogP contribution is 2.21. The van der Waals surface area contributed by atoms with E-state index >= 15 is 0 Å². The Morgan fingerprint density at radius 1 is 0.938 bits per heavy atom. The van der Waals surface area contributed by atoms with Crippen LogP contribution in [0, 0.1) is 0 Å². The standard InChI is InChI=1S/C23H23N5O4/c1-3-31-19-10-6-17(7-11-19)23(29)24-14-15-32-21-13-12-20-25-26-22(28(20)27-21)16-4-8-18(30-2)9-5-16/h4-13H,3,14-15H2,1-2H3,(H,24,29). The van der Waals surface area contributed by atoms with Crippen LogP contribution in [0.1, 0.15) is 17.3 Å². The summed E-state index contributed by atoms with van der Waals surface area (Å²) in [5.74, 6) is 2.31. The van der Waals surface area contributed by atoms with Crippen molar-refractivity contribution in [1.82, 2.24) is 25.1 Å². The average molecular weight is 433 g/mol. The molecule has 9 heteroatoms. The summed E-state index contributed by atoms with van der Waals surface area (Å²) >= 11 is 0. The van der Waals surface area contributed by atoms with Gasteiger partial charge in [0.1, 0.15) is 18.1 Å². The van der Waals surface area contributed by atoms with Gasteiger partial charge in [-0.05, 0) is 61.5 Å². The number of ether oxygens (including phenoxy) is 3. The Bertz CT molecular complexity index is 1190. The lowest BCUT2D eigenvalue weighted by Gasteiger charge is -2.08. The van der Waals surface area contributed by atoms with E-state index in [0.717, 1.165) is 17.1 Å². The van der Waals surface area contributed by atoms with Crippen molar-refractivity contribution >= 4 is 11.6 Å². The van der Waals surface area contributed by atoms with Gasteiger partial charge in [-0.2, -0.15) is 4.52 Å². The van der Waals surface area contributed by atoms with E-state index in [-0.39, 0.29) is 12.5 Å². The van der Waals surface area contributed by atoms with Crippen molar-refractivity contribution in [3.8, 4) is 28.8 Å². The summed E-state index contributed by atoms with van der Waals surface area (Å²) < 4.78 is 17.9. The van der Waals surface area contributed by atoms with Crippen LogP contribution in [-0.2, 0) is 0 Å². The van der Waals surface area contributed by atoms with Crippen molar-refractivity contribution in [2.75, 3.05) is 26.9 Å². The Balaban J connectivity index is 1.35. The predicted octanol–water partition coefficient (Wildman–Crippen LogP) is 3.01. The van der Waals surface area contributed by atoms with E-state index in [1.165, 1.54) is 0 Å². The molecule has 1 amide bonds. The zero-order valence-corrected chi connectivity index (χ0v) is 17.8. The molecule has 9 nitrogen and oxygen atoms in total. The van der Waals surface area contributed by atoms with Gasteiger partial charge in [0, 0.05) is 17.2 Å². The number of aromatic nitrogens is 4. The zero-order chi connectivity index (χ0) is 22.3. The second-order valence-electron chi connectivity index (χ2n) is 6.76. The maximum atomic E-state index is 12.3. The van der Waals surface area contributed by atoms with E-state index in [1.54, 1.807) is 48.0 Å². The number of hydrogen-bond donors (Lipinski definition) is 1. The van der Waals surface area contributed by atoms with Crippen molar-refractivity contribution in [2.24, 2.45) is 0 Å². The lowest BCUT2D eigenvalue weighted by Crippen LogP contribution is -2.28. The van der Waals surface area contributed by atoms with Crippen LogP contribution in [0.2, 0.25) is 0 Å². The van der Waals surface area contributed by atoms with E-state index in [9.17, 15) is 4.79 Å². The highest BCUT2D eigenvalue weighted by Gasteiger charge is 2.11. The molecular weight excluding hydrogens is 410 g/mol. The first kappa shape index (κ1) is 21.1. The predicted molar refractivity (Wildman–Crippen MR) is 118 cm³/mol. The highest BCUT2D eigenvalue weighted by molar-refractivity contribution is 5.94. The fraction of sp³-hybridized carbons (Fsp3) is 0.217. The molecule has 0 radical (unpaired) electrons. The van der Waals surface area contributed by atoms with Crippen LogP contribution in [-0.4, -0.2) is 52.6 Å². The molecule has 0 spiro atoms. The van der Waals surface area contributed by atoms with Crippen LogP contribution in [0.4, 0.5) is 0 Å². The van der Waals surface area contributed by atoms with Gasteiger partial charge in [-0.15, -0.1) is 15.3 Å². The van der Waals surface area contributed by atoms with Crippen LogP contribution in [0.5, 0.6) is 17.4 Å². The minimum atomic E-state index is -0.180. The SMILES string of the molecule is CCOc1ccc(C(=O)NCCOc2ccc3nnc(-c4ccc(OC)cc4)n3n2)cc1. The molecule has 32 heavy (non-hydrogen) atoms. The van der Waals surface area contributed by atoms with Gasteiger partial charge >= 0.3 is 0 Å². The third kappa shape index (κ3) is 4.77. The molecule has 2 aromatic heterocycles. The van der Waals surface area contributed by atoms with E-state index in [0.29, 0.717) is 36.1 Å². The summed E-state index contributed by atoms with van der Waals surface area (Å²) in [5.41, 5.74) is 2.01. The molecule has 0 aliphatic rings. The fourth-order valence-electron chi connectivity index (χ4n) is 3.06. The van der Waals surface area contributed by atoms with E-state index in [1.807, 2.05) is 31.2 Å². The first-order valence-electron chi connectivity index (χ1n) is 10.2. The summed E-state index contributed by atoms with van der Waals surface area (Å²) in [6, 6.07) is 18.0. The van der Waals surface area contributed by atoms with Crippen LogP contribution < -0.4 is 19.5 Å². The lowest BCUT2D eigenvalue weighted by molar-refractivity contribution is 0.0946. The second-order valence-corrected chi connectivity index (χ2v) is 6.76. The summed E-state index contributed by atoms with van der Waals surface area (Å²) in [4.78, 5) is 12.3. The Kier molecular flexibility index (Phi) is 6.45. The number of hydrogen-bond acceptors (Lipinski definition) is 7. The Labute approximate surface area is 185 Å². The molecule has 0 saturated carbocycles. The number of nitrogens with zero attached hydrogens (tertiary/aromatic N) is 4. The van der Waals surface area contributed by atoms with E-state index in [2.05, 4.69) is 20.6 Å². The van der Waals surface area contributed by atoms with Crippen molar-refractivity contribution in [1.29, 1.82) is 0 Å². The molecule has 2 aromatic carbocycles. The number of rotatable bonds is 9. The van der Waals surface area contributed by atoms with Crippen LogP contribution in [0.15, 0.2) is 60.7 Å². The molecule has 4 rings (SSSR count). The quantitative estimate of drug-likeness (QED) is 0.405. The topological polar surface area (TPSA) is 99.9 Å². The molecule has 0 fully saturated rings. The fourth-order valence-corrected chi connectivity index (χ4v) is 3.06. The smallest absolute Gasteiger partial charge is 0.251 e. The number of carbonyl (C=O) groups is 1. The van der Waals surface area contributed by atoms with Gasteiger partial charge in [-0.25, -0.2) is 0 Å². The molecular formula is C23H23N5O4. The van der Waals surface area contributed by atoms with Gasteiger partial charge in [0.25, 0.3) is 5.91 Å². The summed E-state index contributed by atoms with van der Waals surface area (Å²) in [6.07, 6.45) is 0. The monoisotopic (exact) mass is 433 g/mol. The van der Waals surface area contributed by atoms with Gasteiger partial charge < -0.3 is 19.5 Å². The van der Waals surface area contributed by atoms with Crippen LogP contribution in [0.3, 0.4) is 0 Å². The number of methoxy groups -OCH3 is 1. The first-order chi connectivity index (χ1) is 15.7. The lowest BCUT2D eigenvalue weighted by atomic mass is 10.2. The Hall–Kier alpha value is -4.14. The summed E-state index contributed by atoms with van der Waals surface area (Å²) in [5, 5.41) is 15.7. The van der Waals surface area contributed by atoms with E-state index < -0.39 is 0 Å². The van der Waals surface area contributed by atoms with Gasteiger partial charge in [0.2, 0.25) is 5.88 Å². The van der Waals surface area contributed by atoms with Crippen LogP contribution in [0.25, 0.3) is 17.0 Å². The molecule has 164 valence electrons. The van der Waals surface area contributed by atoms with Gasteiger partial charge in [0.15, 0.2) is 11.5 Å². The average Bonchev–Trinajstić information content (AvgIpc) is 3.26. The van der Waals surface area contributed by atoms with E-state index in [4.69, 9.17) is 14.2 Å². The van der Waals surface area contributed by atoms with Crippen molar-refractivity contribution < 1.29 is 19.0 Å². The summed E-state index contributed by atoms with van der Waals surface area (Å²) in [6.45, 7) is 3.09. The molecule has 0 aliphatic carbocycles. The van der Waals surface area contributed by atoms with Crippen molar-refractivity contribution in [2.45, 2.75) is 6.92 Å². The normalized spacial score (nSPS) is 10.7. The second kappa shape index (κ2) is 9.78. The minimum Gasteiger partial charge on any atom is -0.497 e. The Morgan fingerprint density at radius 3 is 2.41 bits per heavy atom. The zero-order valence-electron chi connectivity index (χ0n) is 17.8. The highest BCUT2D eigenvalue weighted by atomic mass is 16.5.